The number of aromatic nitrogens is 2. The van der Waals surface area contributed by atoms with Crippen LogP contribution in [0.1, 0.15) is 29.7 Å². The van der Waals surface area contributed by atoms with E-state index in [1.165, 1.54) is 16.8 Å². The van der Waals surface area contributed by atoms with Gasteiger partial charge in [-0.2, -0.15) is 5.10 Å². The minimum Gasteiger partial charge on any atom is -0.376 e. The molecule has 0 spiro atoms. The van der Waals surface area contributed by atoms with Crippen LogP contribution >= 0.6 is 0 Å². The number of benzene rings is 1. The zero-order chi connectivity index (χ0) is 15.9. The Morgan fingerprint density at radius 1 is 1.30 bits per heavy atom. The van der Waals surface area contributed by atoms with E-state index < -0.39 is 0 Å². The van der Waals surface area contributed by atoms with Gasteiger partial charge in [0, 0.05) is 30.6 Å². The van der Waals surface area contributed by atoms with E-state index in [1.54, 1.807) is 0 Å². The lowest BCUT2D eigenvalue weighted by Crippen LogP contribution is -2.28. The van der Waals surface area contributed by atoms with E-state index >= 15 is 0 Å². The summed E-state index contributed by atoms with van der Waals surface area (Å²) in [6, 6.07) is 10.3. The van der Waals surface area contributed by atoms with Crippen molar-refractivity contribution in [2.24, 2.45) is 0 Å². The van der Waals surface area contributed by atoms with Crippen molar-refractivity contribution in [3.8, 4) is 0 Å². The zero-order valence-electron chi connectivity index (χ0n) is 13.3. The summed E-state index contributed by atoms with van der Waals surface area (Å²) in [6.45, 7) is 2.75. The maximum atomic E-state index is 11.9. The van der Waals surface area contributed by atoms with Gasteiger partial charge in [0.15, 0.2) is 0 Å². The van der Waals surface area contributed by atoms with Crippen LogP contribution in [0.2, 0.25) is 0 Å². The van der Waals surface area contributed by atoms with Crippen molar-refractivity contribution in [3.63, 3.8) is 0 Å². The number of carbonyl (C=O) groups excluding carboxylic acids is 1. The Balaban J connectivity index is 1.35. The van der Waals surface area contributed by atoms with E-state index in [0.29, 0.717) is 19.6 Å². The first-order chi connectivity index (χ1) is 11.3. The quantitative estimate of drug-likeness (QED) is 0.851. The van der Waals surface area contributed by atoms with Crippen molar-refractivity contribution in [1.82, 2.24) is 15.1 Å². The standard InChI is InChI=1S/C18H23N3O2/c22-18(8-4-7-15-5-2-1-3-6-15)19-10-11-21-17-9-12-23-14-16(17)13-20-21/h1-3,5-6,13H,4,7-12,14H2,(H,19,22). The lowest BCUT2D eigenvalue weighted by molar-refractivity contribution is -0.121. The molecule has 2 aromatic rings. The molecule has 0 saturated carbocycles. The first-order valence-corrected chi connectivity index (χ1v) is 8.25. The average molecular weight is 313 g/mol. The number of nitrogens with zero attached hydrogens (tertiary/aromatic N) is 2. The van der Waals surface area contributed by atoms with E-state index in [4.69, 9.17) is 4.74 Å². The minimum absolute atomic E-state index is 0.116. The first kappa shape index (κ1) is 15.7. The Hall–Kier alpha value is -2.14. The molecule has 0 saturated heterocycles. The summed E-state index contributed by atoms with van der Waals surface area (Å²) in [6.07, 6.45) is 5.17. The van der Waals surface area contributed by atoms with Crippen LogP contribution in [-0.4, -0.2) is 28.8 Å². The minimum atomic E-state index is 0.116. The normalized spacial score (nSPS) is 13.6. The zero-order valence-corrected chi connectivity index (χ0v) is 13.3. The molecule has 1 aromatic heterocycles. The Kier molecular flexibility index (Phi) is 5.42. The first-order valence-electron chi connectivity index (χ1n) is 8.25. The number of nitrogens with one attached hydrogen (secondary N) is 1. The highest BCUT2D eigenvalue weighted by molar-refractivity contribution is 5.75. The summed E-state index contributed by atoms with van der Waals surface area (Å²) in [4.78, 5) is 11.9. The molecule has 1 aromatic carbocycles. The van der Waals surface area contributed by atoms with E-state index in [0.717, 1.165) is 32.4 Å². The van der Waals surface area contributed by atoms with Gasteiger partial charge in [-0.3, -0.25) is 9.48 Å². The molecule has 23 heavy (non-hydrogen) atoms. The maximum absolute atomic E-state index is 11.9. The second kappa shape index (κ2) is 7.92. The molecule has 0 bridgehead atoms. The fraction of sp³-hybridized carbons (Fsp3) is 0.444. The lowest BCUT2D eigenvalue weighted by atomic mass is 10.1. The van der Waals surface area contributed by atoms with Crippen molar-refractivity contribution in [1.29, 1.82) is 0 Å². The molecule has 1 aliphatic rings. The number of ether oxygens (including phenoxy) is 1. The molecule has 2 heterocycles. The Bertz CT molecular complexity index is 637. The molecular formula is C18H23N3O2. The summed E-state index contributed by atoms with van der Waals surface area (Å²) in [5.41, 5.74) is 3.70. The number of carbonyl (C=O) groups is 1. The smallest absolute Gasteiger partial charge is 0.220 e. The third kappa shape index (κ3) is 4.42. The van der Waals surface area contributed by atoms with Gasteiger partial charge in [0.1, 0.15) is 0 Å². The van der Waals surface area contributed by atoms with Gasteiger partial charge in [-0.1, -0.05) is 30.3 Å². The summed E-state index contributed by atoms with van der Waals surface area (Å²) < 4.78 is 7.40. The van der Waals surface area contributed by atoms with Crippen LogP contribution < -0.4 is 5.32 Å². The second-order valence-corrected chi connectivity index (χ2v) is 5.83. The Morgan fingerprint density at radius 3 is 3.04 bits per heavy atom. The van der Waals surface area contributed by atoms with Gasteiger partial charge in [-0.05, 0) is 18.4 Å². The number of rotatable bonds is 7. The van der Waals surface area contributed by atoms with Crippen LogP contribution in [0.5, 0.6) is 0 Å². The predicted molar refractivity (Wildman–Crippen MR) is 88.0 cm³/mol. The van der Waals surface area contributed by atoms with Crippen molar-refractivity contribution < 1.29 is 9.53 Å². The van der Waals surface area contributed by atoms with Crippen LogP contribution in [-0.2, 0) is 35.5 Å². The van der Waals surface area contributed by atoms with E-state index in [2.05, 4.69) is 22.5 Å². The molecule has 122 valence electrons. The van der Waals surface area contributed by atoms with Gasteiger partial charge in [0.2, 0.25) is 5.91 Å². The van der Waals surface area contributed by atoms with Crippen molar-refractivity contribution >= 4 is 5.91 Å². The summed E-state index contributed by atoms with van der Waals surface area (Å²) >= 11 is 0. The summed E-state index contributed by atoms with van der Waals surface area (Å²) in [5.74, 6) is 0.116. The average Bonchev–Trinajstić information content (AvgIpc) is 2.99. The molecule has 1 N–H and O–H groups in total. The van der Waals surface area contributed by atoms with E-state index in [-0.39, 0.29) is 5.91 Å². The molecule has 1 aliphatic heterocycles. The Labute approximate surface area is 136 Å². The van der Waals surface area contributed by atoms with E-state index in [1.807, 2.05) is 29.1 Å². The van der Waals surface area contributed by atoms with Crippen LogP contribution in [0.3, 0.4) is 0 Å². The van der Waals surface area contributed by atoms with Crippen molar-refractivity contribution in [3.05, 3.63) is 53.3 Å². The molecule has 0 atom stereocenters. The number of hydrogen-bond donors (Lipinski definition) is 1. The molecule has 0 unspecified atom stereocenters. The highest BCUT2D eigenvalue weighted by Crippen LogP contribution is 2.15. The van der Waals surface area contributed by atoms with E-state index in [9.17, 15) is 4.79 Å². The molecule has 0 fully saturated rings. The number of aryl methyl sites for hydroxylation is 1. The van der Waals surface area contributed by atoms with Crippen LogP contribution in [0.25, 0.3) is 0 Å². The monoisotopic (exact) mass is 313 g/mol. The predicted octanol–water partition coefficient (Wildman–Crippen LogP) is 2.09. The third-order valence-corrected chi connectivity index (χ3v) is 4.13. The topological polar surface area (TPSA) is 56.2 Å². The molecule has 5 nitrogen and oxygen atoms in total. The number of fused-ring (bicyclic) bond motifs is 1. The van der Waals surface area contributed by atoms with Gasteiger partial charge in [-0.15, -0.1) is 0 Å². The fourth-order valence-electron chi connectivity index (χ4n) is 2.89. The van der Waals surface area contributed by atoms with Crippen LogP contribution in [0.4, 0.5) is 0 Å². The number of amides is 1. The van der Waals surface area contributed by atoms with Crippen molar-refractivity contribution in [2.45, 2.75) is 38.8 Å². The Morgan fingerprint density at radius 2 is 2.17 bits per heavy atom. The van der Waals surface area contributed by atoms with Gasteiger partial charge in [-0.25, -0.2) is 0 Å². The third-order valence-electron chi connectivity index (χ3n) is 4.13. The highest BCUT2D eigenvalue weighted by Gasteiger charge is 2.15. The van der Waals surface area contributed by atoms with Crippen LogP contribution in [0.15, 0.2) is 36.5 Å². The molecule has 5 heteroatoms. The van der Waals surface area contributed by atoms with Gasteiger partial charge < -0.3 is 10.1 Å². The number of hydrogen-bond acceptors (Lipinski definition) is 3. The second-order valence-electron chi connectivity index (χ2n) is 5.83. The molecular weight excluding hydrogens is 290 g/mol. The highest BCUT2D eigenvalue weighted by atomic mass is 16.5. The molecule has 1 amide bonds. The molecule has 0 radical (unpaired) electrons. The van der Waals surface area contributed by atoms with Gasteiger partial charge in [0.05, 0.1) is 26.0 Å². The van der Waals surface area contributed by atoms with Gasteiger partial charge in [0.25, 0.3) is 0 Å². The maximum Gasteiger partial charge on any atom is 0.220 e. The van der Waals surface area contributed by atoms with Crippen molar-refractivity contribution in [2.75, 3.05) is 13.2 Å². The molecule has 3 rings (SSSR count). The fourth-order valence-corrected chi connectivity index (χ4v) is 2.89. The molecule has 0 aliphatic carbocycles. The lowest BCUT2D eigenvalue weighted by Gasteiger charge is -2.14. The summed E-state index contributed by atoms with van der Waals surface area (Å²) in [5, 5.41) is 7.36. The SMILES string of the molecule is O=C(CCCc1ccccc1)NCCn1ncc2c1CCOC2. The van der Waals surface area contributed by atoms with Gasteiger partial charge >= 0.3 is 0 Å². The largest absolute Gasteiger partial charge is 0.376 e. The van der Waals surface area contributed by atoms with Crippen LogP contribution in [0, 0.1) is 0 Å². The summed E-state index contributed by atoms with van der Waals surface area (Å²) in [7, 11) is 0.